The summed E-state index contributed by atoms with van der Waals surface area (Å²) < 4.78 is 0. The number of fused-ring (bicyclic) bond motifs is 1. The molecule has 0 saturated carbocycles. The molecule has 3 heterocycles. The Morgan fingerprint density at radius 3 is 2.76 bits per heavy atom. The van der Waals surface area contributed by atoms with E-state index in [1.54, 1.807) is 11.3 Å². The Morgan fingerprint density at radius 1 is 1.28 bits per heavy atom. The number of anilines is 1. The molecule has 1 atom stereocenters. The van der Waals surface area contributed by atoms with E-state index >= 15 is 0 Å². The smallest absolute Gasteiger partial charge is 0.238 e. The van der Waals surface area contributed by atoms with E-state index in [0.717, 1.165) is 20.8 Å². The minimum atomic E-state index is -0.383. The highest BCUT2D eigenvalue weighted by Gasteiger charge is 2.20. The van der Waals surface area contributed by atoms with E-state index in [4.69, 9.17) is 23.2 Å². The second kappa shape index (κ2) is 7.45. The molecule has 0 spiro atoms. The van der Waals surface area contributed by atoms with E-state index < -0.39 is 0 Å². The summed E-state index contributed by atoms with van der Waals surface area (Å²) in [5.74, 6) is 0.0806. The van der Waals surface area contributed by atoms with E-state index in [9.17, 15) is 4.79 Å². The SMILES string of the molecule is Cc1sc2ncnc(S[C@H](C)C(=O)Nc3ncc(Cl)cc3Cl)c2c1C. The molecule has 0 aliphatic heterocycles. The highest BCUT2D eigenvalue weighted by Crippen LogP contribution is 2.36. The Balaban J connectivity index is 1.80. The van der Waals surface area contributed by atoms with Gasteiger partial charge in [-0.2, -0.15) is 0 Å². The molecule has 0 aliphatic rings. The number of nitrogens with zero attached hydrogens (tertiary/aromatic N) is 3. The van der Waals surface area contributed by atoms with Gasteiger partial charge in [-0.05, 0) is 32.4 Å². The van der Waals surface area contributed by atoms with E-state index in [-0.39, 0.29) is 11.2 Å². The van der Waals surface area contributed by atoms with Crippen LogP contribution >= 0.6 is 46.3 Å². The number of amides is 1. The summed E-state index contributed by atoms with van der Waals surface area (Å²) in [6.07, 6.45) is 2.97. The summed E-state index contributed by atoms with van der Waals surface area (Å²) in [4.78, 5) is 27.3. The number of hydrogen-bond donors (Lipinski definition) is 1. The lowest BCUT2D eigenvalue weighted by molar-refractivity contribution is -0.115. The zero-order chi connectivity index (χ0) is 18.1. The van der Waals surface area contributed by atoms with Crippen LogP contribution in [0.5, 0.6) is 0 Å². The molecule has 0 saturated heterocycles. The number of carbonyl (C=O) groups is 1. The Morgan fingerprint density at radius 2 is 2.04 bits per heavy atom. The van der Waals surface area contributed by atoms with Crippen LogP contribution in [0.15, 0.2) is 23.6 Å². The Hall–Kier alpha value is -1.41. The van der Waals surface area contributed by atoms with E-state index in [0.29, 0.717) is 15.9 Å². The van der Waals surface area contributed by atoms with Gasteiger partial charge in [0.15, 0.2) is 5.82 Å². The number of carbonyl (C=O) groups excluding carboxylic acids is 1. The van der Waals surface area contributed by atoms with Crippen molar-refractivity contribution in [2.24, 2.45) is 0 Å². The van der Waals surface area contributed by atoms with Crippen LogP contribution in [0.1, 0.15) is 17.4 Å². The molecule has 0 unspecified atom stereocenters. The number of halogens is 2. The average Bonchev–Trinajstić information content (AvgIpc) is 2.85. The van der Waals surface area contributed by atoms with Crippen molar-refractivity contribution in [3.05, 3.63) is 39.1 Å². The fraction of sp³-hybridized carbons (Fsp3) is 0.250. The largest absolute Gasteiger partial charge is 0.308 e. The van der Waals surface area contributed by atoms with Gasteiger partial charge in [0.25, 0.3) is 0 Å². The molecule has 3 aromatic rings. The third-order valence-electron chi connectivity index (χ3n) is 3.64. The Kier molecular flexibility index (Phi) is 5.48. The van der Waals surface area contributed by atoms with Crippen molar-refractivity contribution in [2.45, 2.75) is 31.0 Å². The zero-order valence-electron chi connectivity index (χ0n) is 13.6. The molecule has 1 N–H and O–H groups in total. The van der Waals surface area contributed by atoms with Crippen LogP contribution in [0.2, 0.25) is 10.0 Å². The van der Waals surface area contributed by atoms with Crippen LogP contribution in [0, 0.1) is 13.8 Å². The summed E-state index contributed by atoms with van der Waals surface area (Å²) in [6.45, 7) is 5.91. The van der Waals surface area contributed by atoms with Gasteiger partial charge in [0.05, 0.1) is 15.3 Å². The lowest BCUT2D eigenvalue weighted by Crippen LogP contribution is -2.23. The fourth-order valence-corrected chi connectivity index (χ4v) is 4.65. The topological polar surface area (TPSA) is 67.8 Å². The van der Waals surface area contributed by atoms with Crippen LogP contribution in [0.3, 0.4) is 0 Å². The van der Waals surface area contributed by atoms with Crippen LogP contribution in [-0.4, -0.2) is 26.1 Å². The average molecular weight is 413 g/mol. The van der Waals surface area contributed by atoms with E-state index in [1.165, 1.54) is 35.2 Å². The lowest BCUT2D eigenvalue weighted by atomic mass is 10.2. The van der Waals surface area contributed by atoms with Crippen molar-refractivity contribution in [3.8, 4) is 0 Å². The number of pyridine rings is 1. The second-order valence-corrected chi connectivity index (χ2v) is 8.75. The molecule has 3 aromatic heterocycles. The highest BCUT2D eigenvalue weighted by molar-refractivity contribution is 8.00. The van der Waals surface area contributed by atoms with Gasteiger partial charge < -0.3 is 5.32 Å². The Bertz CT molecular complexity index is 961. The lowest BCUT2D eigenvalue weighted by Gasteiger charge is -2.12. The number of aromatic nitrogens is 3. The van der Waals surface area contributed by atoms with E-state index in [2.05, 4.69) is 27.2 Å². The number of hydrogen-bond acceptors (Lipinski definition) is 6. The van der Waals surface area contributed by atoms with Crippen LogP contribution < -0.4 is 5.32 Å². The molecule has 25 heavy (non-hydrogen) atoms. The molecule has 9 heteroatoms. The van der Waals surface area contributed by atoms with Crippen molar-refractivity contribution in [3.63, 3.8) is 0 Å². The predicted molar refractivity (Wildman–Crippen MR) is 105 cm³/mol. The molecule has 0 bridgehead atoms. The molecule has 1 amide bonds. The standard InChI is InChI=1S/C16H14Cl2N4OS2/c1-7-8(2)24-15-12(7)16(21-6-20-15)25-9(3)14(23)22-13-11(18)4-10(17)5-19-13/h4-6,9H,1-3H3,(H,19,22,23)/t9-/m1/s1. The minimum absolute atomic E-state index is 0.210. The van der Waals surface area contributed by atoms with Gasteiger partial charge in [0, 0.05) is 16.5 Å². The normalized spacial score (nSPS) is 12.4. The van der Waals surface area contributed by atoms with Gasteiger partial charge in [-0.25, -0.2) is 15.0 Å². The van der Waals surface area contributed by atoms with Gasteiger partial charge in [-0.1, -0.05) is 35.0 Å². The molecule has 3 rings (SSSR count). The highest BCUT2D eigenvalue weighted by atomic mass is 35.5. The molecular weight excluding hydrogens is 399 g/mol. The fourth-order valence-electron chi connectivity index (χ4n) is 2.19. The van der Waals surface area contributed by atoms with Gasteiger partial charge in [-0.3, -0.25) is 4.79 Å². The number of thioether (sulfide) groups is 1. The summed E-state index contributed by atoms with van der Waals surface area (Å²) in [6, 6.07) is 1.54. The third kappa shape index (κ3) is 3.89. The molecule has 5 nitrogen and oxygen atoms in total. The predicted octanol–water partition coefficient (Wildman–Crippen LogP) is 5.13. The first kappa shape index (κ1) is 18.4. The summed E-state index contributed by atoms with van der Waals surface area (Å²) >= 11 is 14.9. The van der Waals surface area contributed by atoms with E-state index in [1.807, 2.05) is 13.8 Å². The van der Waals surface area contributed by atoms with Gasteiger partial charge in [0.2, 0.25) is 5.91 Å². The maximum Gasteiger partial charge on any atom is 0.238 e. The van der Waals surface area contributed by atoms with Crippen molar-refractivity contribution in [2.75, 3.05) is 5.32 Å². The van der Waals surface area contributed by atoms with Crippen LogP contribution in [0.25, 0.3) is 10.2 Å². The molecular formula is C16H14Cl2N4OS2. The molecule has 0 aliphatic carbocycles. The summed E-state index contributed by atoms with van der Waals surface area (Å²) in [7, 11) is 0. The third-order valence-corrected chi connectivity index (χ3v) is 6.35. The van der Waals surface area contributed by atoms with Gasteiger partial charge in [-0.15, -0.1) is 11.3 Å². The molecule has 0 aromatic carbocycles. The summed E-state index contributed by atoms with van der Waals surface area (Å²) in [5, 5.41) is 4.86. The van der Waals surface area contributed by atoms with Crippen molar-refractivity contribution in [1.29, 1.82) is 0 Å². The maximum atomic E-state index is 12.5. The number of nitrogens with one attached hydrogen (secondary N) is 1. The monoisotopic (exact) mass is 412 g/mol. The minimum Gasteiger partial charge on any atom is -0.308 e. The van der Waals surface area contributed by atoms with Gasteiger partial charge >= 0.3 is 0 Å². The quantitative estimate of drug-likeness (QED) is 0.475. The van der Waals surface area contributed by atoms with Crippen LogP contribution in [-0.2, 0) is 4.79 Å². The van der Waals surface area contributed by atoms with Crippen molar-refractivity contribution >= 4 is 68.2 Å². The molecule has 0 fully saturated rings. The zero-order valence-corrected chi connectivity index (χ0v) is 16.8. The first-order valence-corrected chi connectivity index (χ1v) is 9.81. The summed E-state index contributed by atoms with van der Waals surface area (Å²) in [5.41, 5.74) is 1.15. The second-order valence-electron chi connectivity index (χ2n) is 5.38. The molecule has 130 valence electrons. The molecule has 0 radical (unpaired) electrons. The van der Waals surface area contributed by atoms with Crippen LogP contribution in [0.4, 0.5) is 5.82 Å². The number of thiophene rings is 1. The Labute approximate surface area is 163 Å². The number of aryl methyl sites for hydroxylation is 2. The first-order valence-electron chi connectivity index (χ1n) is 7.36. The van der Waals surface area contributed by atoms with Gasteiger partial charge in [0.1, 0.15) is 16.2 Å². The number of rotatable bonds is 4. The van der Waals surface area contributed by atoms with Crippen molar-refractivity contribution in [1.82, 2.24) is 15.0 Å². The first-order chi connectivity index (χ1) is 11.9. The van der Waals surface area contributed by atoms with Crippen molar-refractivity contribution < 1.29 is 4.79 Å². The maximum absolute atomic E-state index is 12.5.